The largest absolute Gasteiger partial charge is 0.480 e. The highest BCUT2D eigenvalue weighted by Gasteiger charge is 2.23. The van der Waals surface area contributed by atoms with Gasteiger partial charge < -0.3 is 75.4 Å². The molecule has 0 aromatic heterocycles. The van der Waals surface area contributed by atoms with Crippen molar-refractivity contribution in [1.29, 1.82) is 0 Å². The highest BCUT2D eigenvalue weighted by atomic mass is 16.6. The second kappa shape index (κ2) is 31.9. The zero-order valence-electron chi connectivity index (χ0n) is 31.1. The van der Waals surface area contributed by atoms with Crippen molar-refractivity contribution in [2.45, 2.75) is 122 Å². The lowest BCUT2D eigenvalue weighted by Crippen LogP contribution is -2.41. The van der Waals surface area contributed by atoms with Crippen LogP contribution in [0.4, 0.5) is 0 Å². The highest BCUT2D eigenvalue weighted by Crippen LogP contribution is 2.05. The van der Waals surface area contributed by atoms with Crippen LogP contribution in [0.5, 0.6) is 0 Å². The van der Waals surface area contributed by atoms with Crippen molar-refractivity contribution in [1.82, 2.24) is 5.32 Å². The minimum atomic E-state index is -1.21. The number of hydrogen-bond acceptors (Lipinski definition) is 17. The zero-order valence-corrected chi connectivity index (χ0v) is 31.1. The van der Waals surface area contributed by atoms with Gasteiger partial charge in [0.1, 0.15) is 48.9 Å². The van der Waals surface area contributed by atoms with Gasteiger partial charge in [-0.15, -0.1) is 0 Å². The smallest absolute Gasteiger partial charge is 0.330 e. The van der Waals surface area contributed by atoms with E-state index in [1.165, 1.54) is 13.8 Å². The molecule has 1 fully saturated rings. The Hall–Kier alpha value is -3.83. The lowest BCUT2D eigenvalue weighted by Gasteiger charge is -2.14. The minimum Gasteiger partial charge on any atom is -0.480 e. The normalized spacial score (nSPS) is 16.5. The summed E-state index contributed by atoms with van der Waals surface area (Å²) >= 11 is 0. The van der Waals surface area contributed by atoms with Gasteiger partial charge in [0.05, 0.1) is 0 Å². The van der Waals surface area contributed by atoms with E-state index < -0.39 is 78.0 Å². The number of carbonyl (C=O) groups is 7. The van der Waals surface area contributed by atoms with Gasteiger partial charge in [-0.3, -0.25) is 24.0 Å². The van der Waals surface area contributed by atoms with E-state index in [0.717, 1.165) is 32.2 Å². The molecule has 0 bridgehead atoms. The molecular formula is C31H64N8O13. The average Bonchev–Trinajstić information content (AvgIpc) is 3.59. The molecule has 0 aromatic rings. The van der Waals surface area contributed by atoms with E-state index in [4.69, 9.17) is 60.6 Å². The van der Waals surface area contributed by atoms with Crippen LogP contribution in [0, 0.1) is 11.8 Å². The summed E-state index contributed by atoms with van der Waals surface area (Å²) in [5, 5.41) is 35.8. The third-order valence-corrected chi connectivity index (χ3v) is 6.35. The summed E-state index contributed by atoms with van der Waals surface area (Å²) in [7, 11) is 0. The van der Waals surface area contributed by atoms with Crippen molar-refractivity contribution in [2.75, 3.05) is 19.7 Å². The number of unbranched alkanes of at least 4 members (excludes halogenated alkanes) is 1. The van der Waals surface area contributed by atoms with Gasteiger partial charge in [-0.05, 0) is 70.9 Å². The van der Waals surface area contributed by atoms with Crippen LogP contribution < -0.4 is 45.5 Å². The fourth-order valence-corrected chi connectivity index (χ4v) is 3.01. The minimum absolute atomic E-state index is 0.0617. The molecule has 0 radical (unpaired) electrons. The van der Waals surface area contributed by atoms with Crippen LogP contribution in [-0.4, -0.2) is 124 Å². The number of ether oxygens (including phenoxy) is 2. The summed E-state index contributed by atoms with van der Waals surface area (Å²) in [5.74, 6) is -5.69. The molecule has 306 valence electrons. The molecule has 1 aliphatic rings. The van der Waals surface area contributed by atoms with Gasteiger partial charge in [-0.25, -0.2) is 9.59 Å². The Morgan fingerprint density at radius 2 is 1.19 bits per heavy atom. The molecule has 0 spiro atoms. The fourth-order valence-electron chi connectivity index (χ4n) is 3.01. The monoisotopic (exact) mass is 756 g/mol. The van der Waals surface area contributed by atoms with Crippen LogP contribution in [0.3, 0.4) is 0 Å². The predicted octanol–water partition coefficient (Wildman–Crippen LogP) is -2.53. The molecule has 0 unspecified atom stereocenters. The van der Waals surface area contributed by atoms with Crippen LogP contribution in [0.1, 0.15) is 80.1 Å². The number of nitrogens with one attached hydrogen (secondary N) is 1. The second-order valence-electron chi connectivity index (χ2n) is 12.5. The van der Waals surface area contributed by atoms with Gasteiger partial charge in [0.2, 0.25) is 0 Å². The maximum Gasteiger partial charge on any atom is 0.330 e. The summed E-state index contributed by atoms with van der Waals surface area (Å²) in [6, 6.07) is -5.20. The first-order valence-electron chi connectivity index (χ1n) is 16.6. The van der Waals surface area contributed by atoms with Crippen molar-refractivity contribution in [3.05, 3.63) is 0 Å². The molecule has 52 heavy (non-hydrogen) atoms. The first-order chi connectivity index (χ1) is 23.8. The summed E-state index contributed by atoms with van der Waals surface area (Å²) in [6.07, 6.45) is 4.45. The number of rotatable bonds is 16. The third-order valence-electron chi connectivity index (χ3n) is 6.35. The van der Waals surface area contributed by atoms with Crippen LogP contribution in [0.25, 0.3) is 0 Å². The summed E-state index contributed by atoms with van der Waals surface area (Å²) < 4.78 is 9.07. The van der Waals surface area contributed by atoms with Gasteiger partial charge in [-0.2, -0.15) is 0 Å². The van der Waals surface area contributed by atoms with E-state index in [0.29, 0.717) is 19.4 Å². The van der Waals surface area contributed by atoms with Gasteiger partial charge >= 0.3 is 41.8 Å². The zero-order chi connectivity index (χ0) is 41.7. The van der Waals surface area contributed by atoms with E-state index in [1.807, 2.05) is 13.8 Å². The van der Waals surface area contributed by atoms with E-state index >= 15 is 0 Å². The number of carbonyl (C=O) groups excluding carboxylic acids is 3. The molecular weight excluding hydrogens is 692 g/mol. The molecule has 1 rings (SSSR count). The molecule has 21 heteroatoms. The number of aliphatic carboxylic acids is 4. The summed E-state index contributed by atoms with van der Waals surface area (Å²) in [5.41, 5.74) is 36.6. The molecule has 19 N–H and O–H groups in total. The fraction of sp³-hybridized carbons (Fsp3) is 0.774. The Labute approximate surface area is 304 Å². The predicted molar refractivity (Wildman–Crippen MR) is 190 cm³/mol. The van der Waals surface area contributed by atoms with Crippen molar-refractivity contribution in [3.63, 3.8) is 0 Å². The molecule has 0 saturated carbocycles. The van der Waals surface area contributed by atoms with Crippen molar-refractivity contribution in [3.8, 4) is 0 Å². The Kier molecular flexibility index (Phi) is 33.7. The topological polar surface area (TPSA) is 413 Å². The van der Waals surface area contributed by atoms with E-state index in [1.54, 1.807) is 13.8 Å². The van der Waals surface area contributed by atoms with Gasteiger partial charge in [-0.1, -0.05) is 34.1 Å². The SMILES string of the molecule is CC(C)C[C@H](N)C(=O)OC[C@H](N)C(=O)O.CC(C)[C@H](N)C(=O)OC(=O)[C@H](C)N.C[C@H](N)C(=O)O.NCCCC[C@H](N)C(=O)O.O=C(O)[C@@H]1CCCN1. The maximum absolute atomic E-state index is 11.2. The Morgan fingerprint density at radius 1 is 0.692 bits per heavy atom. The molecule has 1 aliphatic heterocycles. The number of hydrogen-bond donors (Lipinski definition) is 12. The highest BCUT2D eigenvalue weighted by molar-refractivity contribution is 5.90. The van der Waals surface area contributed by atoms with Gasteiger partial charge in [0.15, 0.2) is 0 Å². The van der Waals surface area contributed by atoms with Crippen molar-refractivity contribution >= 4 is 41.8 Å². The van der Waals surface area contributed by atoms with Crippen LogP contribution in [0.2, 0.25) is 0 Å². The van der Waals surface area contributed by atoms with E-state index in [2.05, 4.69) is 14.8 Å². The molecule has 7 atom stereocenters. The first kappa shape index (κ1) is 54.9. The number of carboxylic acids is 4. The maximum atomic E-state index is 11.2. The van der Waals surface area contributed by atoms with Crippen LogP contribution >= 0.6 is 0 Å². The van der Waals surface area contributed by atoms with E-state index in [-0.39, 0.29) is 24.5 Å². The molecule has 21 nitrogen and oxygen atoms in total. The lowest BCUT2D eigenvalue weighted by molar-refractivity contribution is -0.162. The Morgan fingerprint density at radius 3 is 1.50 bits per heavy atom. The number of carboxylic acid groups (broad SMARTS) is 4. The van der Waals surface area contributed by atoms with Crippen molar-refractivity contribution in [2.24, 2.45) is 52.0 Å². The Balaban J connectivity index is -0.000000286. The summed E-state index contributed by atoms with van der Waals surface area (Å²) in [4.78, 5) is 73.3. The standard InChI is InChI=1S/C9H18N2O4.C8H16N2O3.C6H14N2O2.C5H9NO2.C3H7NO2/c1-5(2)3-6(10)9(14)15-4-7(11)8(12)13;1-4(2)6(10)8(12)13-7(11)5(3)9;7-4-2-1-3-5(8)6(9)10;7-5(8)4-2-1-3-6-4;1-2(4)3(5)6/h5-7H,3-4,10-11H2,1-2H3,(H,12,13);4-6H,9-10H2,1-3H3;5H,1-4,7-8H2,(H,9,10);4,6H,1-3H2,(H,7,8);2H,4H2,1H3,(H,5,6)/t6-,7-;5-,6-;5-;4-;2-/m00000/s1. The first-order valence-corrected chi connectivity index (χ1v) is 16.6. The third kappa shape index (κ3) is 33.3. The molecule has 1 saturated heterocycles. The number of nitrogens with two attached hydrogens (primary N) is 7. The van der Waals surface area contributed by atoms with Gasteiger partial charge in [0.25, 0.3) is 0 Å². The van der Waals surface area contributed by atoms with Gasteiger partial charge in [0, 0.05) is 0 Å². The van der Waals surface area contributed by atoms with Crippen molar-refractivity contribution < 1.29 is 63.5 Å². The lowest BCUT2D eigenvalue weighted by atomic mass is 10.1. The second-order valence-corrected chi connectivity index (χ2v) is 12.5. The average molecular weight is 757 g/mol. The summed E-state index contributed by atoms with van der Waals surface area (Å²) in [6.45, 7) is 11.4. The molecule has 0 amide bonds. The quantitative estimate of drug-likeness (QED) is 0.0439. The van der Waals surface area contributed by atoms with Crippen LogP contribution in [-0.2, 0) is 43.0 Å². The number of esters is 3. The Bertz CT molecular complexity index is 1060. The van der Waals surface area contributed by atoms with Crippen LogP contribution in [0.15, 0.2) is 0 Å². The molecule has 0 aromatic carbocycles. The van der Waals surface area contributed by atoms with E-state index in [9.17, 15) is 33.6 Å². The molecule has 1 heterocycles. The molecule has 0 aliphatic carbocycles.